The SMILES string of the molecule is Cc1cc(C)c(NC(=O)c2ccc3nc(NC(=O)[AsH]CCCc4ccccc4)sc3c2)c(C)c1. The standard InChI is InChI=1S/C27H28AsN3O2S/c1-17-14-18(2)24(19(3)15-17)30-25(32)21-11-12-22-23(16-21)34-27(29-22)31-26(33)28-13-7-10-20-8-5-4-6-9-20/h4-6,8-9,11-12,14-16,28H,7,10,13H2,1-3H3,(H,30,32)(H,29,31,33). The molecular formula is C27H28AsN3O2S. The molecule has 1 unspecified atom stereocenters. The van der Waals surface area contributed by atoms with Crippen LogP contribution >= 0.6 is 11.3 Å². The van der Waals surface area contributed by atoms with Gasteiger partial charge in [-0.15, -0.1) is 0 Å². The van der Waals surface area contributed by atoms with Crippen LogP contribution in [-0.2, 0) is 6.42 Å². The maximum absolute atomic E-state index is 12.9. The zero-order chi connectivity index (χ0) is 24.1. The number of amides is 2. The molecule has 1 heterocycles. The Kier molecular flexibility index (Phi) is 7.81. The molecular weight excluding hydrogens is 505 g/mol. The van der Waals surface area contributed by atoms with Gasteiger partial charge in [0.2, 0.25) is 0 Å². The molecule has 1 atom stereocenters. The van der Waals surface area contributed by atoms with E-state index in [1.54, 1.807) is 6.07 Å². The second-order valence-corrected chi connectivity index (χ2v) is 12.2. The fourth-order valence-corrected chi connectivity index (χ4v) is 6.70. The molecule has 2 N–H and O–H groups in total. The molecule has 0 radical (unpaired) electrons. The summed E-state index contributed by atoms with van der Waals surface area (Å²) in [5, 5.41) is 7.55. The number of thiazole rings is 1. The van der Waals surface area contributed by atoms with Crippen molar-refractivity contribution in [2.24, 2.45) is 0 Å². The molecule has 0 aliphatic rings. The predicted molar refractivity (Wildman–Crippen MR) is 144 cm³/mol. The van der Waals surface area contributed by atoms with Crippen molar-refractivity contribution in [1.29, 1.82) is 0 Å². The Hall–Kier alpha value is -2.95. The van der Waals surface area contributed by atoms with Crippen LogP contribution in [0.25, 0.3) is 10.2 Å². The molecule has 7 heteroatoms. The van der Waals surface area contributed by atoms with Crippen LogP contribution in [-0.4, -0.2) is 31.3 Å². The fourth-order valence-electron chi connectivity index (χ4n) is 3.96. The second kappa shape index (κ2) is 11.0. The van der Waals surface area contributed by atoms with E-state index in [9.17, 15) is 9.59 Å². The maximum atomic E-state index is 12.9. The topological polar surface area (TPSA) is 71.1 Å². The number of benzene rings is 3. The quantitative estimate of drug-likeness (QED) is 0.201. The third kappa shape index (κ3) is 6.13. The molecule has 34 heavy (non-hydrogen) atoms. The fraction of sp³-hybridized carbons (Fsp3) is 0.222. The number of anilines is 2. The van der Waals surface area contributed by atoms with Crippen molar-refractivity contribution in [3.63, 3.8) is 0 Å². The summed E-state index contributed by atoms with van der Waals surface area (Å²) in [6.07, 6.45) is 2.03. The van der Waals surface area contributed by atoms with Crippen molar-refractivity contribution >= 4 is 58.7 Å². The Labute approximate surface area is 210 Å². The molecule has 0 saturated heterocycles. The van der Waals surface area contributed by atoms with Crippen LogP contribution in [0.15, 0.2) is 60.7 Å². The Morgan fingerprint density at radius 3 is 2.41 bits per heavy atom. The molecule has 0 fully saturated rings. The van der Waals surface area contributed by atoms with Crippen molar-refractivity contribution in [2.45, 2.75) is 38.8 Å². The van der Waals surface area contributed by atoms with Gasteiger partial charge in [-0.3, -0.25) is 0 Å². The summed E-state index contributed by atoms with van der Waals surface area (Å²) >= 11 is 0.666. The van der Waals surface area contributed by atoms with Crippen molar-refractivity contribution in [1.82, 2.24) is 4.98 Å². The van der Waals surface area contributed by atoms with Gasteiger partial charge >= 0.3 is 199 Å². The number of aromatic nitrogens is 1. The number of carbonyl (C=O) groups is 2. The van der Waals surface area contributed by atoms with Crippen LogP contribution in [0.4, 0.5) is 15.6 Å². The zero-order valence-electron chi connectivity index (χ0n) is 19.6. The van der Waals surface area contributed by atoms with Crippen molar-refractivity contribution in [3.05, 3.63) is 88.5 Å². The van der Waals surface area contributed by atoms with Crippen LogP contribution in [0.5, 0.6) is 0 Å². The van der Waals surface area contributed by atoms with Crippen LogP contribution in [0.2, 0.25) is 5.21 Å². The third-order valence-electron chi connectivity index (χ3n) is 5.56. The number of carbonyl (C=O) groups excluding carboxylic acids is 2. The molecule has 174 valence electrons. The summed E-state index contributed by atoms with van der Waals surface area (Å²) in [6.45, 7) is 6.05. The molecule has 0 aliphatic carbocycles. The monoisotopic (exact) mass is 533 g/mol. The Morgan fingerprint density at radius 1 is 0.941 bits per heavy atom. The van der Waals surface area contributed by atoms with Gasteiger partial charge < -0.3 is 0 Å². The number of fused-ring (bicyclic) bond motifs is 1. The van der Waals surface area contributed by atoms with E-state index >= 15 is 0 Å². The van der Waals surface area contributed by atoms with Gasteiger partial charge in [0.05, 0.1) is 0 Å². The first-order valence-corrected chi connectivity index (χ1v) is 14.6. The van der Waals surface area contributed by atoms with Gasteiger partial charge in [-0.1, -0.05) is 5.56 Å². The Morgan fingerprint density at radius 2 is 1.68 bits per heavy atom. The van der Waals surface area contributed by atoms with Gasteiger partial charge in [0.15, 0.2) is 0 Å². The van der Waals surface area contributed by atoms with E-state index < -0.39 is 15.8 Å². The average Bonchev–Trinajstić information content (AvgIpc) is 3.21. The van der Waals surface area contributed by atoms with Gasteiger partial charge in [-0.05, 0) is 6.92 Å². The third-order valence-corrected chi connectivity index (χ3v) is 8.69. The molecule has 5 nitrogen and oxygen atoms in total. The molecule has 0 saturated carbocycles. The Balaban J connectivity index is 1.35. The molecule has 1 aromatic heterocycles. The summed E-state index contributed by atoms with van der Waals surface area (Å²) < 4.78 is 0.972. The summed E-state index contributed by atoms with van der Waals surface area (Å²) in [7, 11) is 0. The molecule has 0 bridgehead atoms. The van der Waals surface area contributed by atoms with Gasteiger partial charge in [0.1, 0.15) is 0 Å². The first kappa shape index (κ1) is 24.2. The van der Waals surface area contributed by atoms with Crippen LogP contribution in [0.1, 0.15) is 39.0 Å². The van der Waals surface area contributed by atoms with Gasteiger partial charge in [0, 0.05) is 0 Å². The zero-order valence-corrected chi connectivity index (χ0v) is 22.5. The number of nitrogens with one attached hydrogen (secondary N) is 2. The minimum atomic E-state index is -0.739. The van der Waals surface area contributed by atoms with E-state index in [4.69, 9.17) is 0 Å². The number of hydrogen-bond donors (Lipinski definition) is 2. The van der Waals surface area contributed by atoms with E-state index in [0.717, 1.165) is 45.1 Å². The van der Waals surface area contributed by atoms with Crippen molar-refractivity contribution < 1.29 is 9.59 Å². The number of hydrogen-bond acceptors (Lipinski definition) is 4. The van der Waals surface area contributed by atoms with E-state index in [2.05, 4.69) is 39.9 Å². The van der Waals surface area contributed by atoms with Gasteiger partial charge in [-0.25, -0.2) is 0 Å². The van der Waals surface area contributed by atoms with Gasteiger partial charge in [-0.2, -0.15) is 0 Å². The molecule has 4 aromatic rings. The Bertz CT molecular complexity index is 1310. The van der Waals surface area contributed by atoms with E-state index in [1.165, 1.54) is 22.5 Å². The van der Waals surface area contributed by atoms with E-state index in [1.807, 2.05) is 51.1 Å². The molecule has 3 aromatic carbocycles. The second-order valence-electron chi connectivity index (χ2n) is 8.40. The molecule has 2 amide bonds. The first-order chi connectivity index (χ1) is 16.4. The van der Waals surface area contributed by atoms with Crippen LogP contribution < -0.4 is 10.6 Å². The average molecular weight is 534 g/mol. The van der Waals surface area contributed by atoms with Crippen molar-refractivity contribution in [2.75, 3.05) is 10.6 Å². The van der Waals surface area contributed by atoms with Crippen LogP contribution in [0.3, 0.4) is 0 Å². The van der Waals surface area contributed by atoms with E-state index in [-0.39, 0.29) is 10.6 Å². The van der Waals surface area contributed by atoms with E-state index in [0.29, 0.717) is 10.7 Å². The summed E-state index contributed by atoms with van der Waals surface area (Å²) in [5.74, 6) is -0.152. The van der Waals surface area contributed by atoms with Crippen LogP contribution in [0, 0.1) is 20.8 Å². The number of aryl methyl sites for hydroxylation is 4. The summed E-state index contributed by atoms with van der Waals surface area (Å²) in [4.78, 5) is 29.8. The molecule has 0 spiro atoms. The van der Waals surface area contributed by atoms with Crippen molar-refractivity contribution in [3.8, 4) is 0 Å². The summed E-state index contributed by atoms with van der Waals surface area (Å²) in [5.41, 5.74) is 6.78. The summed E-state index contributed by atoms with van der Waals surface area (Å²) in [6, 6.07) is 19.9. The number of rotatable bonds is 8. The van der Waals surface area contributed by atoms with Gasteiger partial charge in [0.25, 0.3) is 0 Å². The predicted octanol–water partition coefficient (Wildman–Crippen LogP) is 6.49. The molecule has 4 rings (SSSR count). The minimum absolute atomic E-state index is 0.0930. The number of nitrogens with zero attached hydrogens (tertiary/aromatic N) is 1. The normalized spacial score (nSPS) is 11.3. The first-order valence-electron chi connectivity index (χ1n) is 11.3. The molecule has 0 aliphatic heterocycles.